The minimum absolute atomic E-state index is 0.0671. The summed E-state index contributed by atoms with van der Waals surface area (Å²) in [5, 5.41) is 7.72. The fraction of sp³-hybridized carbons (Fsp3) is 0.435. The van der Waals surface area contributed by atoms with Crippen molar-refractivity contribution < 1.29 is 14.4 Å². The predicted octanol–water partition coefficient (Wildman–Crippen LogP) is 2.56. The summed E-state index contributed by atoms with van der Waals surface area (Å²) in [6.45, 7) is 3.28. The molecule has 0 saturated carbocycles. The molecule has 3 heterocycles. The Morgan fingerprint density at radius 2 is 1.77 bits per heavy atom. The van der Waals surface area contributed by atoms with Crippen LogP contribution >= 0.6 is 11.3 Å². The van der Waals surface area contributed by atoms with Crippen molar-refractivity contribution in [2.75, 3.05) is 37.6 Å². The average Bonchev–Trinajstić information content (AvgIpc) is 3.56. The summed E-state index contributed by atoms with van der Waals surface area (Å²) in [5.41, 5.74) is 1.27. The second kappa shape index (κ2) is 10.1. The third kappa shape index (κ3) is 5.32. The van der Waals surface area contributed by atoms with E-state index < -0.39 is 0 Å². The Kier molecular flexibility index (Phi) is 6.99. The molecule has 0 aliphatic carbocycles. The molecule has 1 aromatic carbocycles. The predicted molar refractivity (Wildman–Crippen MR) is 121 cm³/mol. The number of likely N-dealkylation sites (tertiary alicyclic amines) is 1. The van der Waals surface area contributed by atoms with Gasteiger partial charge in [0.25, 0.3) is 5.91 Å². The van der Waals surface area contributed by atoms with Crippen molar-refractivity contribution in [3.05, 3.63) is 52.2 Å². The van der Waals surface area contributed by atoms with Gasteiger partial charge in [0.2, 0.25) is 11.8 Å². The molecule has 2 aliphatic rings. The molecule has 1 aromatic heterocycles. The molecule has 8 heteroatoms. The van der Waals surface area contributed by atoms with Crippen LogP contribution in [-0.4, -0.2) is 55.3 Å². The van der Waals surface area contributed by atoms with Gasteiger partial charge in [-0.3, -0.25) is 19.3 Å². The topological polar surface area (TPSA) is 81.8 Å². The molecular weight excluding hydrogens is 412 g/mol. The molecular formula is C23H28N4O3S. The lowest BCUT2D eigenvalue weighted by Gasteiger charge is -2.26. The summed E-state index contributed by atoms with van der Waals surface area (Å²) in [4.78, 5) is 42.0. The van der Waals surface area contributed by atoms with Gasteiger partial charge in [0.15, 0.2) is 0 Å². The fourth-order valence-electron chi connectivity index (χ4n) is 4.19. The summed E-state index contributed by atoms with van der Waals surface area (Å²) >= 11 is 1.71. The number of carbonyl (C=O) groups excluding carboxylic acids is 3. The van der Waals surface area contributed by atoms with Gasteiger partial charge in [-0.1, -0.05) is 6.07 Å². The first-order valence-corrected chi connectivity index (χ1v) is 11.7. The molecule has 2 N–H and O–H groups in total. The highest BCUT2D eigenvalue weighted by atomic mass is 32.1. The Labute approximate surface area is 186 Å². The van der Waals surface area contributed by atoms with Crippen LogP contribution in [0.4, 0.5) is 5.69 Å². The summed E-state index contributed by atoms with van der Waals surface area (Å²) in [7, 11) is 0. The number of thiophene rings is 1. The van der Waals surface area contributed by atoms with Gasteiger partial charge in [0.05, 0.1) is 12.6 Å². The van der Waals surface area contributed by atoms with E-state index in [1.54, 1.807) is 40.5 Å². The van der Waals surface area contributed by atoms with E-state index in [0.717, 1.165) is 25.2 Å². The second-order valence-electron chi connectivity index (χ2n) is 7.96. The van der Waals surface area contributed by atoms with Crippen molar-refractivity contribution in [3.63, 3.8) is 0 Å². The van der Waals surface area contributed by atoms with Gasteiger partial charge >= 0.3 is 0 Å². The largest absolute Gasteiger partial charge is 0.353 e. The van der Waals surface area contributed by atoms with Crippen LogP contribution in [-0.2, 0) is 9.59 Å². The first-order valence-electron chi connectivity index (χ1n) is 10.8. The molecule has 1 unspecified atom stereocenters. The maximum Gasteiger partial charge on any atom is 0.251 e. The van der Waals surface area contributed by atoms with Crippen LogP contribution in [0.3, 0.4) is 0 Å². The highest BCUT2D eigenvalue weighted by molar-refractivity contribution is 7.10. The lowest BCUT2D eigenvalue weighted by Crippen LogP contribution is -2.41. The number of carbonyl (C=O) groups is 3. The van der Waals surface area contributed by atoms with Gasteiger partial charge in [-0.05, 0) is 68.1 Å². The number of nitrogens with zero attached hydrogens (tertiary/aromatic N) is 2. The molecule has 0 bridgehead atoms. The number of rotatable bonds is 8. The van der Waals surface area contributed by atoms with Crippen LogP contribution in [0.1, 0.15) is 47.0 Å². The van der Waals surface area contributed by atoms with Crippen molar-refractivity contribution in [3.8, 4) is 0 Å². The zero-order chi connectivity index (χ0) is 21.6. The van der Waals surface area contributed by atoms with E-state index in [9.17, 15) is 14.4 Å². The molecule has 2 fully saturated rings. The molecule has 3 amide bonds. The zero-order valence-corrected chi connectivity index (χ0v) is 18.3. The number of hydrogen-bond acceptors (Lipinski definition) is 5. The van der Waals surface area contributed by atoms with Gasteiger partial charge in [0.1, 0.15) is 0 Å². The third-order valence-corrected chi connectivity index (χ3v) is 6.84. The summed E-state index contributed by atoms with van der Waals surface area (Å²) in [6, 6.07) is 11.3. The molecule has 31 heavy (non-hydrogen) atoms. The van der Waals surface area contributed by atoms with Crippen LogP contribution < -0.4 is 15.5 Å². The Balaban J connectivity index is 1.26. The highest BCUT2D eigenvalue weighted by Gasteiger charge is 2.25. The molecule has 2 aliphatic heterocycles. The minimum Gasteiger partial charge on any atom is -0.353 e. The van der Waals surface area contributed by atoms with Crippen molar-refractivity contribution in [2.24, 2.45) is 0 Å². The first kappa shape index (κ1) is 21.5. The van der Waals surface area contributed by atoms with E-state index in [1.165, 1.54) is 17.7 Å². The van der Waals surface area contributed by atoms with E-state index in [0.29, 0.717) is 25.1 Å². The molecule has 0 radical (unpaired) electrons. The van der Waals surface area contributed by atoms with Gasteiger partial charge < -0.3 is 15.5 Å². The van der Waals surface area contributed by atoms with Crippen LogP contribution in [0.2, 0.25) is 0 Å². The van der Waals surface area contributed by atoms with Crippen molar-refractivity contribution >= 4 is 34.7 Å². The summed E-state index contributed by atoms with van der Waals surface area (Å²) in [6.07, 6.45) is 3.82. The van der Waals surface area contributed by atoms with Gasteiger partial charge in [-0.2, -0.15) is 0 Å². The Morgan fingerprint density at radius 3 is 2.42 bits per heavy atom. The molecule has 164 valence electrons. The minimum atomic E-state index is -0.302. The van der Waals surface area contributed by atoms with Crippen molar-refractivity contribution in [1.29, 1.82) is 0 Å². The maximum atomic E-state index is 12.4. The standard InChI is InChI=1S/C23H28N4O3S/c28-21(24-15-19(20-5-4-14-31-20)26-11-1-2-12-26)16-25-23(30)17-7-9-18(10-8-17)27-13-3-6-22(27)29/h4-5,7-10,14,19H,1-3,6,11-13,15-16H2,(H,24,28)(H,25,30). The van der Waals surface area contributed by atoms with Crippen molar-refractivity contribution in [2.45, 2.75) is 31.7 Å². The van der Waals surface area contributed by atoms with Gasteiger partial charge in [-0.25, -0.2) is 0 Å². The second-order valence-corrected chi connectivity index (χ2v) is 8.94. The Bertz CT molecular complexity index is 907. The summed E-state index contributed by atoms with van der Waals surface area (Å²) < 4.78 is 0. The van der Waals surface area contributed by atoms with Crippen LogP contribution in [0.25, 0.3) is 0 Å². The quantitative estimate of drug-likeness (QED) is 0.661. The number of nitrogens with one attached hydrogen (secondary N) is 2. The van der Waals surface area contributed by atoms with E-state index in [2.05, 4.69) is 27.0 Å². The molecule has 1 atom stereocenters. The monoisotopic (exact) mass is 440 g/mol. The summed E-state index contributed by atoms with van der Waals surface area (Å²) in [5.74, 6) is -0.388. The number of anilines is 1. The molecule has 4 rings (SSSR count). The van der Waals surface area contributed by atoms with Crippen LogP contribution in [0.5, 0.6) is 0 Å². The molecule has 2 aromatic rings. The smallest absolute Gasteiger partial charge is 0.251 e. The molecule has 0 spiro atoms. The van der Waals surface area contributed by atoms with E-state index in [4.69, 9.17) is 0 Å². The maximum absolute atomic E-state index is 12.4. The lowest BCUT2D eigenvalue weighted by atomic mass is 10.2. The highest BCUT2D eigenvalue weighted by Crippen LogP contribution is 2.27. The Morgan fingerprint density at radius 1 is 1.00 bits per heavy atom. The SMILES string of the molecule is O=C(CNC(=O)c1ccc(N2CCCC2=O)cc1)NCC(c1cccs1)N1CCCC1. The first-order chi connectivity index (χ1) is 15.1. The van der Waals surface area contributed by atoms with Crippen LogP contribution in [0, 0.1) is 0 Å². The van der Waals surface area contributed by atoms with Crippen molar-refractivity contribution in [1.82, 2.24) is 15.5 Å². The number of benzene rings is 1. The van der Waals surface area contributed by atoms with E-state index in [-0.39, 0.29) is 30.3 Å². The number of amides is 3. The molecule has 7 nitrogen and oxygen atoms in total. The average molecular weight is 441 g/mol. The third-order valence-electron chi connectivity index (χ3n) is 5.87. The van der Waals surface area contributed by atoms with E-state index >= 15 is 0 Å². The van der Waals surface area contributed by atoms with Gasteiger partial charge in [-0.15, -0.1) is 11.3 Å². The van der Waals surface area contributed by atoms with Crippen LogP contribution in [0.15, 0.2) is 41.8 Å². The molecule has 2 saturated heterocycles. The number of hydrogen-bond donors (Lipinski definition) is 2. The van der Waals surface area contributed by atoms with E-state index in [1.807, 2.05) is 6.07 Å². The lowest BCUT2D eigenvalue weighted by molar-refractivity contribution is -0.120. The fourth-order valence-corrected chi connectivity index (χ4v) is 5.05. The zero-order valence-electron chi connectivity index (χ0n) is 17.5. The van der Waals surface area contributed by atoms with Gasteiger partial charge in [0, 0.05) is 35.6 Å². The Hall–Kier alpha value is -2.71. The normalized spacial score (nSPS) is 17.7.